The highest BCUT2D eigenvalue weighted by molar-refractivity contribution is 5.97. The summed E-state index contributed by atoms with van der Waals surface area (Å²) in [4.78, 5) is 27.1. The van der Waals surface area contributed by atoms with Gasteiger partial charge in [-0.25, -0.2) is 4.68 Å². The summed E-state index contributed by atoms with van der Waals surface area (Å²) in [6, 6.07) is 13.1. The quantitative estimate of drug-likeness (QED) is 0.605. The van der Waals surface area contributed by atoms with E-state index < -0.39 is 0 Å². The van der Waals surface area contributed by atoms with Gasteiger partial charge in [0.25, 0.3) is 5.91 Å². The van der Waals surface area contributed by atoms with Gasteiger partial charge in [0.05, 0.1) is 17.6 Å². The number of carbonyl (C=O) groups is 2. The van der Waals surface area contributed by atoms with E-state index in [1.807, 2.05) is 44.2 Å². The van der Waals surface area contributed by atoms with Gasteiger partial charge in [0, 0.05) is 18.0 Å². The highest BCUT2D eigenvalue weighted by Gasteiger charge is 2.24. The first kappa shape index (κ1) is 22.3. The van der Waals surface area contributed by atoms with E-state index in [0.717, 1.165) is 23.4 Å². The zero-order valence-electron chi connectivity index (χ0n) is 18.8. The van der Waals surface area contributed by atoms with Gasteiger partial charge in [0.1, 0.15) is 12.4 Å². The molecule has 0 aliphatic heterocycles. The molecule has 2 amide bonds. The molecule has 1 N–H and O–H groups in total. The Morgan fingerprint density at radius 1 is 1.16 bits per heavy atom. The predicted molar refractivity (Wildman–Crippen MR) is 121 cm³/mol. The minimum atomic E-state index is -0.301. The van der Waals surface area contributed by atoms with E-state index in [4.69, 9.17) is 9.52 Å². The lowest BCUT2D eigenvalue weighted by atomic mass is 9.92. The average Bonchev–Trinajstić information content (AvgIpc) is 3.37. The molecule has 0 saturated carbocycles. The Kier molecular flexibility index (Phi) is 6.63. The fourth-order valence-electron chi connectivity index (χ4n) is 3.23. The van der Waals surface area contributed by atoms with Gasteiger partial charge in [0.2, 0.25) is 5.91 Å². The Bertz CT molecular complexity index is 1050. The maximum atomic E-state index is 12.9. The molecule has 1 aromatic carbocycles. The third kappa shape index (κ3) is 5.42. The van der Waals surface area contributed by atoms with Gasteiger partial charge in [-0.1, -0.05) is 39.8 Å². The highest BCUT2D eigenvalue weighted by atomic mass is 16.3. The Morgan fingerprint density at radius 3 is 2.55 bits per heavy atom. The molecule has 0 aliphatic rings. The van der Waals surface area contributed by atoms with Crippen LogP contribution in [0.2, 0.25) is 0 Å². The van der Waals surface area contributed by atoms with Crippen molar-refractivity contribution >= 4 is 17.6 Å². The number of hydrogen-bond acceptors (Lipinski definition) is 4. The Morgan fingerprint density at radius 2 is 1.94 bits per heavy atom. The first-order valence-corrected chi connectivity index (χ1v) is 10.5. The second-order valence-corrected chi connectivity index (χ2v) is 8.67. The molecule has 3 aromatic rings. The van der Waals surface area contributed by atoms with Crippen molar-refractivity contribution in [2.24, 2.45) is 0 Å². The normalized spacial score (nSPS) is 11.4. The molecule has 7 nitrogen and oxygen atoms in total. The molecular weight excluding hydrogens is 392 g/mol. The van der Waals surface area contributed by atoms with Crippen LogP contribution in [0.5, 0.6) is 0 Å². The van der Waals surface area contributed by atoms with Crippen LogP contribution in [0.4, 0.5) is 5.82 Å². The van der Waals surface area contributed by atoms with Crippen LogP contribution in [0.3, 0.4) is 0 Å². The van der Waals surface area contributed by atoms with Crippen molar-refractivity contribution in [3.8, 4) is 5.69 Å². The molecule has 0 saturated heterocycles. The van der Waals surface area contributed by atoms with Crippen molar-refractivity contribution in [2.75, 3.05) is 18.4 Å². The molecule has 0 unspecified atom stereocenters. The van der Waals surface area contributed by atoms with Gasteiger partial charge in [-0.15, -0.1) is 0 Å². The zero-order chi connectivity index (χ0) is 22.6. The van der Waals surface area contributed by atoms with Crippen LogP contribution in [0.25, 0.3) is 5.69 Å². The van der Waals surface area contributed by atoms with Crippen LogP contribution in [0, 0.1) is 6.92 Å². The monoisotopic (exact) mass is 422 g/mol. The first-order chi connectivity index (χ1) is 14.7. The third-order valence-corrected chi connectivity index (χ3v) is 4.84. The Balaban J connectivity index is 1.85. The summed E-state index contributed by atoms with van der Waals surface area (Å²) in [6.07, 6.45) is 2.18. The van der Waals surface area contributed by atoms with E-state index in [9.17, 15) is 9.59 Å². The molecule has 164 valence electrons. The summed E-state index contributed by atoms with van der Waals surface area (Å²) in [6.45, 7) is 10.6. The highest BCUT2D eigenvalue weighted by Crippen LogP contribution is 2.26. The van der Waals surface area contributed by atoms with Gasteiger partial charge in [0.15, 0.2) is 5.76 Å². The lowest BCUT2D eigenvalue weighted by Crippen LogP contribution is -2.38. The second-order valence-electron chi connectivity index (χ2n) is 8.67. The van der Waals surface area contributed by atoms with Crippen LogP contribution >= 0.6 is 0 Å². The third-order valence-electron chi connectivity index (χ3n) is 4.84. The summed E-state index contributed by atoms with van der Waals surface area (Å²) in [5, 5.41) is 7.69. The topological polar surface area (TPSA) is 80.4 Å². The molecule has 3 rings (SSSR count). The van der Waals surface area contributed by atoms with E-state index >= 15 is 0 Å². The van der Waals surface area contributed by atoms with E-state index in [-0.39, 0.29) is 29.5 Å². The van der Waals surface area contributed by atoms with E-state index in [2.05, 4.69) is 26.1 Å². The van der Waals surface area contributed by atoms with E-state index in [0.29, 0.717) is 12.4 Å². The van der Waals surface area contributed by atoms with Crippen molar-refractivity contribution in [1.29, 1.82) is 0 Å². The summed E-state index contributed by atoms with van der Waals surface area (Å²) >= 11 is 0. The molecule has 0 radical (unpaired) electrons. The van der Waals surface area contributed by atoms with Crippen molar-refractivity contribution in [3.63, 3.8) is 0 Å². The molecule has 0 atom stereocenters. The molecule has 7 heteroatoms. The van der Waals surface area contributed by atoms with Crippen molar-refractivity contribution in [1.82, 2.24) is 14.7 Å². The molecule has 0 aliphatic carbocycles. The smallest absolute Gasteiger partial charge is 0.290 e. The number of furan rings is 1. The minimum absolute atomic E-state index is 0.0722. The van der Waals surface area contributed by atoms with E-state index in [1.54, 1.807) is 16.8 Å². The molecule has 2 aromatic heterocycles. The number of anilines is 1. The predicted octanol–water partition coefficient (Wildman–Crippen LogP) is 4.56. The summed E-state index contributed by atoms with van der Waals surface area (Å²) in [5.74, 6) is 0.204. The average molecular weight is 423 g/mol. The van der Waals surface area contributed by atoms with E-state index in [1.165, 1.54) is 11.2 Å². The molecule has 0 bridgehead atoms. The SMILES string of the molecule is CCCN(CC(=O)Nc1cc(C(C)(C)C)nn1-c1cccc(C)c1)C(=O)c1ccco1. The van der Waals surface area contributed by atoms with Crippen molar-refractivity contribution in [2.45, 2.75) is 46.5 Å². The van der Waals surface area contributed by atoms with Crippen LogP contribution in [0.15, 0.2) is 53.1 Å². The van der Waals surface area contributed by atoms with Crippen LogP contribution in [0.1, 0.15) is 55.9 Å². The number of aryl methyl sites for hydroxylation is 1. The number of nitrogens with one attached hydrogen (secondary N) is 1. The molecule has 0 spiro atoms. The van der Waals surface area contributed by atoms with Crippen molar-refractivity contribution in [3.05, 3.63) is 65.7 Å². The Labute approximate surface area is 183 Å². The number of amides is 2. The van der Waals surface area contributed by atoms with Crippen molar-refractivity contribution < 1.29 is 14.0 Å². The standard InChI is InChI=1S/C24H30N4O3/c1-6-12-27(23(30)19-11-8-13-31-19)16-22(29)25-21-15-20(24(3,4)5)26-28(21)18-10-7-9-17(2)14-18/h7-11,13-15H,6,12,16H2,1-5H3,(H,25,29). The largest absolute Gasteiger partial charge is 0.459 e. The number of aromatic nitrogens is 2. The Hall–Kier alpha value is -3.35. The number of benzene rings is 1. The molecule has 2 heterocycles. The molecular formula is C24H30N4O3. The fourth-order valence-corrected chi connectivity index (χ4v) is 3.23. The van der Waals surface area contributed by atoms with Gasteiger partial charge < -0.3 is 14.6 Å². The van der Waals surface area contributed by atoms with Crippen LogP contribution in [-0.4, -0.2) is 39.6 Å². The first-order valence-electron chi connectivity index (χ1n) is 10.5. The van der Waals surface area contributed by atoms with Gasteiger partial charge in [-0.3, -0.25) is 9.59 Å². The fraction of sp³-hybridized carbons (Fsp3) is 0.375. The second kappa shape index (κ2) is 9.20. The van der Waals surface area contributed by atoms with Gasteiger partial charge >= 0.3 is 0 Å². The summed E-state index contributed by atoms with van der Waals surface area (Å²) in [5.41, 5.74) is 2.64. The van der Waals surface area contributed by atoms with Gasteiger partial charge in [-0.2, -0.15) is 5.10 Å². The molecule has 31 heavy (non-hydrogen) atoms. The zero-order valence-corrected chi connectivity index (χ0v) is 18.8. The summed E-state index contributed by atoms with van der Waals surface area (Å²) in [7, 11) is 0. The lowest BCUT2D eigenvalue weighted by Gasteiger charge is -2.20. The summed E-state index contributed by atoms with van der Waals surface area (Å²) < 4.78 is 6.95. The number of nitrogens with zero attached hydrogens (tertiary/aromatic N) is 3. The number of carbonyl (C=O) groups excluding carboxylic acids is 2. The minimum Gasteiger partial charge on any atom is -0.459 e. The molecule has 0 fully saturated rings. The number of hydrogen-bond donors (Lipinski definition) is 1. The number of rotatable bonds is 7. The van der Waals surface area contributed by atoms with Gasteiger partial charge in [-0.05, 0) is 43.2 Å². The maximum Gasteiger partial charge on any atom is 0.290 e. The maximum absolute atomic E-state index is 12.9. The van der Waals surface area contributed by atoms with Crippen LogP contribution < -0.4 is 5.32 Å². The van der Waals surface area contributed by atoms with Crippen LogP contribution in [-0.2, 0) is 10.2 Å². The lowest BCUT2D eigenvalue weighted by molar-refractivity contribution is -0.117.